The van der Waals surface area contributed by atoms with Crippen LogP contribution in [0.25, 0.3) is 66.4 Å². The van der Waals surface area contributed by atoms with Crippen LogP contribution in [0.4, 0.5) is 0 Å². The Kier molecular flexibility index (Phi) is 4.76. The van der Waals surface area contributed by atoms with E-state index in [9.17, 15) is 0 Å². The predicted molar refractivity (Wildman–Crippen MR) is 154 cm³/mol. The summed E-state index contributed by atoms with van der Waals surface area (Å²) in [7, 11) is 0. The largest absolute Gasteiger partial charge is 0.457 e. The molecule has 0 radical (unpaired) electrons. The fourth-order valence-electron chi connectivity index (χ4n) is 5.15. The van der Waals surface area contributed by atoms with Crippen LogP contribution in [0.1, 0.15) is 0 Å². The third kappa shape index (κ3) is 3.71. The summed E-state index contributed by atoms with van der Waals surface area (Å²) in [6.45, 7) is 0. The Labute approximate surface area is 222 Å². The van der Waals surface area contributed by atoms with Crippen molar-refractivity contribution in [2.24, 2.45) is 0 Å². The van der Waals surface area contributed by atoms with Gasteiger partial charge in [0.25, 0.3) is 0 Å². The zero-order chi connectivity index (χ0) is 25.8. The molecular formula is C34H20N2O3. The molecule has 184 valence electrons. The van der Waals surface area contributed by atoms with Crippen LogP contribution in [0, 0.1) is 0 Å². The van der Waals surface area contributed by atoms with Gasteiger partial charge in [0, 0.05) is 32.7 Å². The monoisotopic (exact) mass is 504 g/mol. The number of fused-ring (bicyclic) bond motifs is 6. The number of ether oxygens (including phenoxy) is 1. The smallest absolute Gasteiger partial charge is 0.153 e. The summed E-state index contributed by atoms with van der Waals surface area (Å²) in [5, 5.41) is 4.25. The minimum atomic E-state index is 0.729. The van der Waals surface area contributed by atoms with E-state index in [2.05, 4.69) is 34.2 Å². The van der Waals surface area contributed by atoms with Crippen molar-refractivity contribution in [1.82, 2.24) is 9.97 Å². The number of hydrogen-bond donors (Lipinski definition) is 0. The molecule has 0 N–H and O–H groups in total. The molecule has 0 aliphatic carbocycles. The van der Waals surface area contributed by atoms with Crippen LogP contribution < -0.4 is 4.74 Å². The number of furan rings is 2. The first-order valence-corrected chi connectivity index (χ1v) is 12.7. The first-order chi connectivity index (χ1) is 19.3. The fraction of sp³-hybridized carbons (Fsp3) is 0. The molecule has 5 heteroatoms. The molecular weight excluding hydrogens is 484 g/mol. The lowest BCUT2D eigenvalue weighted by Gasteiger charge is -2.09. The Morgan fingerprint density at radius 1 is 0.436 bits per heavy atom. The molecule has 0 spiro atoms. The molecule has 0 bridgehead atoms. The van der Waals surface area contributed by atoms with Crippen LogP contribution in [0.3, 0.4) is 0 Å². The van der Waals surface area contributed by atoms with Crippen LogP contribution in [0.15, 0.2) is 130 Å². The van der Waals surface area contributed by atoms with Gasteiger partial charge >= 0.3 is 0 Å². The van der Waals surface area contributed by atoms with Crippen molar-refractivity contribution in [1.29, 1.82) is 0 Å². The average molecular weight is 505 g/mol. The molecule has 0 aliphatic heterocycles. The third-order valence-electron chi connectivity index (χ3n) is 7.02. The highest BCUT2D eigenvalue weighted by molar-refractivity contribution is 6.06. The molecule has 4 heterocycles. The van der Waals surface area contributed by atoms with Gasteiger partial charge in [0.1, 0.15) is 22.7 Å². The molecule has 0 atom stereocenters. The lowest BCUT2D eigenvalue weighted by atomic mass is 10.1. The molecule has 4 aromatic carbocycles. The fourth-order valence-corrected chi connectivity index (χ4v) is 5.15. The average Bonchev–Trinajstić information content (AvgIpc) is 3.55. The Hall–Kier alpha value is -5.42. The van der Waals surface area contributed by atoms with Crippen molar-refractivity contribution in [2.45, 2.75) is 0 Å². The van der Waals surface area contributed by atoms with E-state index in [-0.39, 0.29) is 0 Å². The van der Waals surface area contributed by atoms with E-state index in [1.165, 1.54) is 0 Å². The molecule has 0 unspecified atom stereocenters. The van der Waals surface area contributed by atoms with Crippen LogP contribution in [-0.4, -0.2) is 9.97 Å². The quantitative estimate of drug-likeness (QED) is 0.239. The molecule has 39 heavy (non-hydrogen) atoms. The number of aromatic nitrogens is 2. The maximum absolute atomic E-state index is 6.30. The van der Waals surface area contributed by atoms with Gasteiger partial charge in [-0.05, 0) is 48.5 Å². The Morgan fingerprint density at radius 3 is 1.44 bits per heavy atom. The summed E-state index contributed by atoms with van der Waals surface area (Å²) < 4.78 is 18.2. The summed E-state index contributed by atoms with van der Waals surface area (Å²) in [6, 6.07) is 36.2. The summed E-state index contributed by atoms with van der Waals surface area (Å²) >= 11 is 0. The number of nitrogens with zero attached hydrogens (tertiary/aromatic N) is 2. The maximum Gasteiger partial charge on any atom is 0.153 e. The van der Waals surface area contributed by atoms with Gasteiger partial charge in [0.05, 0.1) is 23.8 Å². The Bertz CT molecular complexity index is 2020. The second kappa shape index (κ2) is 8.57. The summed E-state index contributed by atoms with van der Waals surface area (Å²) in [5.74, 6) is 1.46. The van der Waals surface area contributed by atoms with E-state index in [0.717, 1.165) is 77.9 Å². The van der Waals surface area contributed by atoms with Gasteiger partial charge in [0.2, 0.25) is 0 Å². The van der Waals surface area contributed by atoms with Crippen molar-refractivity contribution in [3.8, 4) is 34.0 Å². The molecule has 5 nitrogen and oxygen atoms in total. The highest BCUT2D eigenvalue weighted by atomic mass is 16.5. The molecule has 4 aromatic heterocycles. The zero-order valence-electron chi connectivity index (χ0n) is 20.7. The Balaban J connectivity index is 1.12. The zero-order valence-corrected chi connectivity index (χ0v) is 20.7. The van der Waals surface area contributed by atoms with Crippen LogP contribution in [-0.2, 0) is 0 Å². The van der Waals surface area contributed by atoms with Gasteiger partial charge in [-0.15, -0.1) is 0 Å². The molecule has 0 fully saturated rings. The van der Waals surface area contributed by atoms with Crippen molar-refractivity contribution in [3.63, 3.8) is 0 Å². The molecule has 8 aromatic rings. The van der Waals surface area contributed by atoms with Crippen LogP contribution in [0.2, 0.25) is 0 Å². The van der Waals surface area contributed by atoms with E-state index in [0.29, 0.717) is 0 Å². The second-order valence-corrected chi connectivity index (χ2v) is 9.49. The number of hydrogen-bond acceptors (Lipinski definition) is 5. The minimum Gasteiger partial charge on any atom is -0.457 e. The van der Waals surface area contributed by atoms with Gasteiger partial charge in [-0.2, -0.15) is 0 Å². The molecule has 0 aliphatic rings. The van der Waals surface area contributed by atoms with Gasteiger partial charge in [0.15, 0.2) is 11.2 Å². The predicted octanol–water partition coefficient (Wildman–Crippen LogP) is 9.40. The van der Waals surface area contributed by atoms with E-state index < -0.39 is 0 Å². The van der Waals surface area contributed by atoms with Gasteiger partial charge in [-0.3, -0.25) is 9.97 Å². The van der Waals surface area contributed by atoms with E-state index in [1.807, 2.05) is 84.9 Å². The molecule has 0 saturated carbocycles. The van der Waals surface area contributed by atoms with Crippen LogP contribution in [0.5, 0.6) is 11.5 Å². The van der Waals surface area contributed by atoms with Crippen molar-refractivity contribution < 1.29 is 13.6 Å². The summed E-state index contributed by atoms with van der Waals surface area (Å²) in [4.78, 5) is 9.30. The number of para-hydroxylation sites is 2. The van der Waals surface area contributed by atoms with E-state index in [1.54, 1.807) is 12.4 Å². The lowest BCUT2D eigenvalue weighted by molar-refractivity contribution is 0.483. The first-order valence-electron chi connectivity index (χ1n) is 12.7. The second-order valence-electron chi connectivity index (χ2n) is 9.49. The van der Waals surface area contributed by atoms with Crippen LogP contribution >= 0.6 is 0 Å². The maximum atomic E-state index is 6.30. The van der Waals surface area contributed by atoms with Gasteiger partial charge < -0.3 is 13.6 Å². The Morgan fingerprint density at radius 2 is 0.923 bits per heavy atom. The van der Waals surface area contributed by atoms with Gasteiger partial charge in [-0.1, -0.05) is 60.7 Å². The standard InChI is InChI=1S/C34H20N2O3/c1-3-13-31-25(11-1)27-17-29(35-19-33(27)38-31)21-7-5-9-23(15-21)37-24-10-6-8-22(16-24)30-18-28-26-12-2-4-14-32(26)39-34(28)20-36-30/h1-20H. The topological polar surface area (TPSA) is 61.3 Å². The summed E-state index contributed by atoms with van der Waals surface area (Å²) in [5.41, 5.74) is 6.93. The highest BCUT2D eigenvalue weighted by Crippen LogP contribution is 2.34. The third-order valence-corrected chi connectivity index (χ3v) is 7.02. The van der Waals surface area contributed by atoms with Crippen molar-refractivity contribution >= 4 is 43.9 Å². The first kappa shape index (κ1) is 21.6. The SMILES string of the molecule is c1cc(Oc2cccc(-c3cc4c(cn3)oc3ccccc34)c2)cc(-c2cc3c(cn2)oc2ccccc23)c1. The van der Waals surface area contributed by atoms with E-state index >= 15 is 0 Å². The van der Waals surface area contributed by atoms with Crippen molar-refractivity contribution in [3.05, 3.63) is 122 Å². The minimum absolute atomic E-state index is 0.729. The van der Waals surface area contributed by atoms with E-state index in [4.69, 9.17) is 13.6 Å². The lowest BCUT2D eigenvalue weighted by Crippen LogP contribution is -1.88. The normalized spacial score (nSPS) is 11.6. The molecule has 0 amide bonds. The number of benzene rings is 4. The highest BCUT2D eigenvalue weighted by Gasteiger charge is 2.12. The van der Waals surface area contributed by atoms with Gasteiger partial charge in [-0.25, -0.2) is 0 Å². The van der Waals surface area contributed by atoms with Crippen molar-refractivity contribution in [2.75, 3.05) is 0 Å². The molecule has 0 saturated heterocycles. The molecule has 8 rings (SSSR count). The summed E-state index contributed by atoms with van der Waals surface area (Å²) in [6.07, 6.45) is 3.57. The number of pyridine rings is 2. The number of rotatable bonds is 4.